The molecular formula is C20H25NO4. The van der Waals surface area contributed by atoms with E-state index in [0.29, 0.717) is 5.69 Å². The third-order valence-corrected chi connectivity index (χ3v) is 3.82. The number of carbonyl (C=O) groups is 2. The number of ether oxygens (including phenoxy) is 2. The zero-order valence-electron chi connectivity index (χ0n) is 14.9. The topological polar surface area (TPSA) is 55.8 Å². The fourth-order valence-corrected chi connectivity index (χ4v) is 2.41. The van der Waals surface area contributed by atoms with Gasteiger partial charge >= 0.3 is 12.2 Å². The molecule has 0 N–H and O–H groups in total. The Morgan fingerprint density at radius 3 is 2.00 bits per heavy atom. The van der Waals surface area contributed by atoms with Crippen molar-refractivity contribution in [2.75, 3.05) is 18.1 Å². The maximum atomic E-state index is 12.5. The van der Waals surface area contributed by atoms with Gasteiger partial charge in [-0.05, 0) is 24.3 Å². The van der Waals surface area contributed by atoms with Gasteiger partial charge in [0.15, 0.2) is 0 Å². The summed E-state index contributed by atoms with van der Waals surface area (Å²) in [4.78, 5) is 26.1. The van der Waals surface area contributed by atoms with Crippen LogP contribution in [0.1, 0.15) is 39.5 Å². The molecule has 5 nitrogen and oxygen atoms in total. The first-order valence-electron chi connectivity index (χ1n) is 8.80. The summed E-state index contributed by atoms with van der Waals surface area (Å²) in [5.74, 6) is 0. The molecule has 5 heteroatoms. The summed E-state index contributed by atoms with van der Waals surface area (Å²) in [6.07, 6.45) is 1.91. The van der Waals surface area contributed by atoms with E-state index in [1.54, 1.807) is 6.07 Å². The van der Waals surface area contributed by atoms with E-state index >= 15 is 0 Å². The molecule has 2 rings (SSSR count). The second-order valence-corrected chi connectivity index (χ2v) is 5.77. The number of rotatable bonds is 7. The monoisotopic (exact) mass is 343 g/mol. The summed E-state index contributed by atoms with van der Waals surface area (Å²) < 4.78 is 10.5. The normalized spacial score (nSPS) is 10.5. The number of nitrogens with zero attached hydrogens (tertiary/aromatic N) is 1. The van der Waals surface area contributed by atoms with Crippen LogP contribution in [0.25, 0.3) is 10.8 Å². The van der Waals surface area contributed by atoms with E-state index in [4.69, 9.17) is 9.47 Å². The van der Waals surface area contributed by atoms with Crippen LogP contribution in [0.15, 0.2) is 42.5 Å². The standard InChI is InChI=1S/C20H25NO4/c1-3-5-14-24-19(22)21(20(23)25-15-6-4-2)18-13-9-11-16-10-7-8-12-17(16)18/h7-13H,3-6,14-15H2,1-2H3. The Hall–Kier alpha value is -2.56. The second-order valence-electron chi connectivity index (χ2n) is 5.77. The number of imide groups is 1. The molecule has 0 aliphatic heterocycles. The molecule has 0 atom stereocenters. The maximum absolute atomic E-state index is 12.5. The van der Waals surface area contributed by atoms with Gasteiger partial charge in [0, 0.05) is 5.39 Å². The maximum Gasteiger partial charge on any atom is 0.424 e. The van der Waals surface area contributed by atoms with Crippen molar-refractivity contribution in [3.8, 4) is 0 Å². The summed E-state index contributed by atoms with van der Waals surface area (Å²) in [6, 6.07) is 13.1. The van der Waals surface area contributed by atoms with Gasteiger partial charge < -0.3 is 9.47 Å². The Labute approximate surface area is 148 Å². The van der Waals surface area contributed by atoms with E-state index in [1.807, 2.05) is 50.2 Å². The van der Waals surface area contributed by atoms with E-state index in [0.717, 1.165) is 41.4 Å². The van der Waals surface area contributed by atoms with Gasteiger partial charge in [-0.25, -0.2) is 9.59 Å². The van der Waals surface area contributed by atoms with Gasteiger partial charge in [0.2, 0.25) is 0 Å². The third-order valence-electron chi connectivity index (χ3n) is 3.82. The van der Waals surface area contributed by atoms with Crippen LogP contribution in [0.3, 0.4) is 0 Å². The lowest BCUT2D eigenvalue weighted by Gasteiger charge is -2.21. The van der Waals surface area contributed by atoms with Crippen LogP contribution in [0.4, 0.5) is 15.3 Å². The number of benzene rings is 2. The Kier molecular flexibility index (Phi) is 7.26. The van der Waals surface area contributed by atoms with Crippen LogP contribution in [0, 0.1) is 0 Å². The molecule has 0 aliphatic rings. The highest BCUT2D eigenvalue weighted by Crippen LogP contribution is 2.28. The molecule has 0 unspecified atom stereocenters. The highest BCUT2D eigenvalue weighted by molar-refractivity contribution is 6.14. The molecule has 0 radical (unpaired) electrons. The second kappa shape index (κ2) is 9.67. The zero-order chi connectivity index (χ0) is 18.1. The van der Waals surface area contributed by atoms with E-state index in [9.17, 15) is 9.59 Å². The number of amides is 2. The molecule has 0 saturated carbocycles. The van der Waals surface area contributed by atoms with Crippen molar-refractivity contribution >= 4 is 28.6 Å². The molecule has 0 aliphatic carbocycles. The van der Waals surface area contributed by atoms with E-state index in [1.165, 1.54) is 0 Å². The molecule has 0 fully saturated rings. The van der Waals surface area contributed by atoms with Crippen molar-refractivity contribution in [2.24, 2.45) is 0 Å². The molecule has 0 bridgehead atoms. The molecular weight excluding hydrogens is 318 g/mol. The Morgan fingerprint density at radius 2 is 1.40 bits per heavy atom. The first kappa shape index (κ1) is 18.8. The smallest absolute Gasteiger partial charge is 0.424 e. The Balaban J connectivity index is 2.32. The predicted octanol–water partition coefficient (Wildman–Crippen LogP) is 5.52. The number of fused-ring (bicyclic) bond motifs is 1. The fraction of sp³-hybridized carbons (Fsp3) is 0.400. The molecule has 0 aromatic heterocycles. The van der Waals surface area contributed by atoms with Crippen LogP contribution in [-0.4, -0.2) is 25.4 Å². The number of hydrogen-bond acceptors (Lipinski definition) is 4. The van der Waals surface area contributed by atoms with Gasteiger partial charge in [0.25, 0.3) is 0 Å². The van der Waals surface area contributed by atoms with Gasteiger partial charge in [-0.3, -0.25) is 0 Å². The van der Waals surface area contributed by atoms with Crippen LogP contribution >= 0.6 is 0 Å². The summed E-state index contributed by atoms with van der Waals surface area (Å²) in [6.45, 7) is 4.57. The molecule has 2 aromatic carbocycles. The van der Waals surface area contributed by atoms with E-state index in [2.05, 4.69) is 0 Å². The number of carbonyl (C=O) groups excluding carboxylic acids is 2. The van der Waals surface area contributed by atoms with Crippen LogP contribution in [0.5, 0.6) is 0 Å². The summed E-state index contributed by atoms with van der Waals surface area (Å²) in [7, 11) is 0. The quantitative estimate of drug-likeness (QED) is 0.621. The highest BCUT2D eigenvalue weighted by Gasteiger charge is 2.28. The Bertz CT molecular complexity index is 686. The summed E-state index contributed by atoms with van der Waals surface area (Å²) in [5.41, 5.74) is 0.473. The van der Waals surface area contributed by atoms with E-state index < -0.39 is 12.2 Å². The van der Waals surface area contributed by atoms with Gasteiger partial charge in [-0.1, -0.05) is 63.1 Å². The summed E-state index contributed by atoms with van der Waals surface area (Å²) in [5, 5.41) is 1.73. The highest BCUT2D eigenvalue weighted by atomic mass is 16.6. The van der Waals surface area contributed by atoms with Gasteiger partial charge in [0.1, 0.15) is 0 Å². The van der Waals surface area contributed by atoms with Crippen LogP contribution in [0.2, 0.25) is 0 Å². The third kappa shape index (κ3) is 4.95. The van der Waals surface area contributed by atoms with Gasteiger partial charge in [-0.15, -0.1) is 0 Å². The lowest BCUT2D eigenvalue weighted by molar-refractivity contribution is 0.133. The SMILES string of the molecule is CCCCOC(=O)N(C(=O)OCCCC)c1cccc2ccccc12. The minimum atomic E-state index is -0.702. The molecule has 2 aromatic rings. The minimum absolute atomic E-state index is 0.277. The van der Waals surface area contributed by atoms with Crippen molar-refractivity contribution in [3.63, 3.8) is 0 Å². The first-order valence-corrected chi connectivity index (χ1v) is 8.80. The number of unbranched alkanes of at least 4 members (excludes halogenated alkanes) is 2. The molecule has 0 heterocycles. The zero-order valence-corrected chi connectivity index (χ0v) is 14.9. The lowest BCUT2D eigenvalue weighted by atomic mass is 10.1. The largest absolute Gasteiger partial charge is 0.449 e. The molecule has 134 valence electrons. The summed E-state index contributed by atoms with van der Waals surface area (Å²) >= 11 is 0. The van der Waals surface area contributed by atoms with Gasteiger partial charge in [-0.2, -0.15) is 4.90 Å². The molecule has 25 heavy (non-hydrogen) atoms. The average molecular weight is 343 g/mol. The van der Waals surface area contributed by atoms with Crippen LogP contribution < -0.4 is 4.90 Å². The molecule has 0 spiro atoms. The van der Waals surface area contributed by atoms with Crippen molar-refractivity contribution < 1.29 is 19.1 Å². The average Bonchev–Trinajstić information content (AvgIpc) is 2.62. The van der Waals surface area contributed by atoms with Crippen molar-refractivity contribution in [1.29, 1.82) is 0 Å². The predicted molar refractivity (Wildman–Crippen MR) is 98.9 cm³/mol. The van der Waals surface area contributed by atoms with E-state index in [-0.39, 0.29) is 13.2 Å². The Morgan fingerprint density at radius 1 is 0.840 bits per heavy atom. The van der Waals surface area contributed by atoms with Crippen LogP contribution in [-0.2, 0) is 9.47 Å². The fourth-order valence-electron chi connectivity index (χ4n) is 2.41. The first-order chi connectivity index (χ1) is 12.2. The van der Waals surface area contributed by atoms with Crippen molar-refractivity contribution in [1.82, 2.24) is 0 Å². The van der Waals surface area contributed by atoms with Crippen molar-refractivity contribution in [3.05, 3.63) is 42.5 Å². The minimum Gasteiger partial charge on any atom is -0.449 e. The molecule has 2 amide bonds. The molecule has 0 saturated heterocycles. The number of hydrogen-bond donors (Lipinski definition) is 0. The van der Waals surface area contributed by atoms with Gasteiger partial charge in [0.05, 0.1) is 18.9 Å². The van der Waals surface area contributed by atoms with Crippen molar-refractivity contribution in [2.45, 2.75) is 39.5 Å². The lowest BCUT2D eigenvalue weighted by Crippen LogP contribution is -2.38. The number of anilines is 1.